The Morgan fingerprint density at radius 1 is 0.917 bits per heavy atom. The summed E-state index contributed by atoms with van der Waals surface area (Å²) in [7, 11) is 0. The molecule has 1 fully saturated rings. The van der Waals surface area contributed by atoms with Crippen LogP contribution in [0.4, 0.5) is 5.69 Å². The zero-order valence-electron chi connectivity index (χ0n) is 20.3. The lowest BCUT2D eigenvalue weighted by molar-refractivity contribution is -0.132. The van der Waals surface area contributed by atoms with E-state index in [4.69, 9.17) is 4.74 Å². The minimum atomic E-state index is -0.940. The van der Waals surface area contributed by atoms with Crippen molar-refractivity contribution in [3.8, 4) is 5.75 Å². The zero-order valence-corrected chi connectivity index (χ0v) is 20.3. The summed E-state index contributed by atoms with van der Waals surface area (Å²) >= 11 is 0. The lowest BCUT2D eigenvalue weighted by atomic mass is 9.94. The molecule has 1 heterocycles. The summed E-state index contributed by atoms with van der Waals surface area (Å²) < 4.78 is 5.22. The van der Waals surface area contributed by atoms with Gasteiger partial charge >= 0.3 is 5.97 Å². The Kier molecular flexibility index (Phi) is 6.92. The van der Waals surface area contributed by atoms with Gasteiger partial charge in [0.15, 0.2) is 0 Å². The number of Topliss-reactive ketones (excluding diaryl/α,β-unsaturated/α-hetero) is 1. The molecule has 184 valence electrons. The van der Waals surface area contributed by atoms with Crippen LogP contribution < -0.4 is 4.90 Å². The van der Waals surface area contributed by atoms with Crippen LogP contribution >= 0.6 is 0 Å². The average molecular weight is 486 g/mol. The molecular formula is C29H27NO6. The lowest BCUT2D eigenvalue weighted by Crippen LogP contribution is -2.29. The number of rotatable bonds is 6. The highest BCUT2D eigenvalue weighted by atomic mass is 16.5. The molecule has 4 rings (SSSR count). The Morgan fingerprint density at radius 3 is 2.06 bits per heavy atom. The van der Waals surface area contributed by atoms with E-state index in [-0.39, 0.29) is 23.2 Å². The van der Waals surface area contributed by atoms with Crippen LogP contribution in [0.25, 0.3) is 5.76 Å². The highest BCUT2D eigenvalue weighted by Crippen LogP contribution is 2.42. The molecule has 3 aromatic rings. The number of phenols is 1. The van der Waals surface area contributed by atoms with E-state index in [2.05, 4.69) is 0 Å². The number of aliphatic hydroxyl groups is 1. The van der Waals surface area contributed by atoms with Crippen LogP contribution in [0.3, 0.4) is 0 Å². The number of esters is 1. The number of phenolic OH excluding ortho intramolecular Hbond substituents is 1. The molecule has 0 aliphatic carbocycles. The molecular weight excluding hydrogens is 458 g/mol. The largest absolute Gasteiger partial charge is 0.508 e. The van der Waals surface area contributed by atoms with Gasteiger partial charge in [0.05, 0.1) is 23.3 Å². The number of hydrogen-bond acceptors (Lipinski definition) is 6. The molecule has 0 radical (unpaired) electrons. The van der Waals surface area contributed by atoms with Crippen molar-refractivity contribution < 1.29 is 29.3 Å². The predicted octanol–water partition coefficient (Wildman–Crippen LogP) is 5.15. The van der Waals surface area contributed by atoms with E-state index in [1.165, 1.54) is 29.2 Å². The van der Waals surface area contributed by atoms with Crippen molar-refractivity contribution in [2.24, 2.45) is 0 Å². The molecule has 1 amide bonds. The molecule has 1 saturated heterocycles. The first-order chi connectivity index (χ1) is 17.2. The maximum atomic E-state index is 13.3. The van der Waals surface area contributed by atoms with Crippen LogP contribution in [0.1, 0.15) is 53.9 Å². The molecule has 0 saturated carbocycles. The molecule has 2 N–H and O–H groups in total. The molecule has 7 heteroatoms. The number of aliphatic hydroxyl groups excluding tert-OH is 1. The molecule has 0 aromatic heterocycles. The van der Waals surface area contributed by atoms with Crippen molar-refractivity contribution in [1.82, 2.24) is 0 Å². The van der Waals surface area contributed by atoms with Gasteiger partial charge in [-0.2, -0.15) is 0 Å². The number of hydrogen-bond donors (Lipinski definition) is 2. The molecule has 1 aliphatic rings. The number of carbonyl (C=O) groups is 3. The van der Waals surface area contributed by atoms with Gasteiger partial charge in [0.25, 0.3) is 11.7 Å². The topological polar surface area (TPSA) is 104 Å². The summed E-state index contributed by atoms with van der Waals surface area (Å²) in [5.74, 6) is -2.39. The second-order valence-electron chi connectivity index (χ2n) is 8.81. The third kappa shape index (κ3) is 4.73. The number of carbonyl (C=O) groups excluding carboxylic acids is 3. The normalized spacial score (nSPS) is 17.0. The zero-order chi connectivity index (χ0) is 26.0. The molecule has 0 bridgehead atoms. The summed E-state index contributed by atoms with van der Waals surface area (Å²) in [5, 5.41) is 21.0. The van der Waals surface area contributed by atoms with E-state index in [9.17, 15) is 24.6 Å². The maximum absolute atomic E-state index is 13.3. The minimum Gasteiger partial charge on any atom is -0.508 e. The van der Waals surface area contributed by atoms with E-state index in [0.29, 0.717) is 22.4 Å². The van der Waals surface area contributed by atoms with Crippen molar-refractivity contribution in [2.75, 3.05) is 4.90 Å². The monoisotopic (exact) mass is 485 g/mol. The summed E-state index contributed by atoms with van der Waals surface area (Å²) in [4.78, 5) is 40.0. The van der Waals surface area contributed by atoms with Gasteiger partial charge in [-0.3, -0.25) is 14.5 Å². The molecule has 0 spiro atoms. The molecule has 1 aliphatic heterocycles. The van der Waals surface area contributed by atoms with E-state index in [0.717, 1.165) is 12.0 Å². The summed E-state index contributed by atoms with van der Waals surface area (Å²) in [6.07, 6.45) is 0.538. The van der Waals surface area contributed by atoms with E-state index in [1.807, 2.05) is 19.1 Å². The van der Waals surface area contributed by atoms with Crippen molar-refractivity contribution >= 4 is 29.1 Å². The van der Waals surface area contributed by atoms with Crippen LogP contribution in [-0.4, -0.2) is 34.0 Å². The van der Waals surface area contributed by atoms with Gasteiger partial charge in [-0.05, 0) is 67.8 Å². The Hall–Kier alpha value is -4.39. The quantitative estimate of drug-likeness (QED) is 0.217. The number of benzene rings is 3. The third-order valence-corrected chi connectivity index (χ3v) is 6.01. The Bertz CT molecular complexity index is 1320. The van der Waals surface area contributed by atoms with Crippen LogP contribution in [0.15, 0.2) is 78.4 Å². The maximum Gasteiger partial charge on any atom is 0.338 e. The number of nitrogens with zero attached hydrogens (tertiary/aromatic N) is 1. The second-order valence-corrected chi connectivity index (χ2v) is 8.81. The number of anilines is 1. The van der Waals surface area contributed by atoms with Gasteiger partial charge < -0.3 is 14.9 Å². The molecule has 36 heavy (non-hydrogen) atoms. The molecule has 7 nitrogen and oxygen atoms in total. The van der Waals surface area contributed by atoms with Crippen LogP contribution in [0, 0.1) is 0 Å². The summed E-state index contributed by atoms with van der Waals surface area (Å²) in [6, 6.07) is 18.5. The first kappa shape index (κ1) is 24.7. The van der Waals surface area contributed by atoms with Gasteiger partial charge in [-0.15, -0.1) is 0 Å². The fourth-order valence-corrected chi connectivity index (χ4v) is 4.16. The van der Waals surface area contributed by atoms with E-state index < -0.39 is 23.7 Å². The molecule has 1 atom stereocenters. The predicted molar refractivity (Wildman–Crippen MR) is 136 cm³/mol. The fraction of sp³-hybridized carbons (Fsp3) is 0.207. The number of amides is 1. The highest BCUT2D eigenvalue weighted by Gasteiger charge is 2.47. The Balaban J connectivity index is 1.82. The van der Waals surface area contributed by atoms with Crippen LogP contribution in [-0.2, 0) is 20.7 Å². The number of aromatic hydroxyl groups is 1. The first-order valence-electron chi connectivity index (χ1n) is 11.7. The van der Waals surface area contributed by atoms with Gasteiger partial charge in [-0.1, -0.05) is 43.3 Å². The van der Waals surface area contributed by atoms with Crippen molar-refractivity contribution in [3.63, 3.8) is 0 Å². The number of aryl methyl sites for hydroxylation is 1. The Morgan fingerprint density at radius 2 is 1.50 bits per heavy atom. The van der Waals surface area contributed by atoms with Gasteiger partial charge in [0, 0.05) is 11.3 Å². The lowest BCUT2D eigenvalue weighted by Gasteiger charge is -2.25. The molecule has 1 unspecified atom stereocenters. The number of ketones is 1. The van der Waals surface area contributed by atoms with E-state index in [1.54, 1.807) is 50.2 Å². The van der Waals surface area contributed by atoms with Gasteiger partial charge in [0.1, 0.15) is 11.5 Å². The summed E-state index contributed by atoms with van der Waals surface area (Å²) in [6.45, 7) is 5.51. The standard InChI is InChI=1S/C29H27NO6/c1-4-18-5-7-20(8-6-18)26(32)24-25(19-11-15-23(31)16-12-19)30(28(34)27(24)33)22-13-9-21(10-14-22)29(35)36-17(2)3/h5-17,25,31-32H,4H2,1-3H3/b26-24+. The minimum absolute atomic E-state index is 0.0267. The Labute approximate surface area is 209 Å². The summed E-state index contributed by atoms with van der Waals surface area (Å²) in [5.41, 5.74) is 2.64. The second kappa shape index (κ2) is 10.1. The molecule has 3 aromatic carbocycles. The van der Waals surface area contributed by atoms with Gasteiger partial charge in [-0.25, -0.2) is 4.79 Å². The van der Waals surface area contributed by atoms with E-state index >= 15 is 0 Å². The fourth-order valence-electron chi connectivity index (χ4n) is 4.16. The van der Waals surface area contributed by atoms with Crippen LogP contribution in [0.2, 0.25) is 0 Å². The first-order valence-corrected chi connectivity index (χ1v) is 11.7. The number of ether oxygens (including phenoxy) is 1. The van der Waals surface area contributed by atoms with Gasteiger partial charge in [0.2, 0.25) is 0 Å². The smallest absolute Gasteiger partial charge is 0.338 e. The van der Waals surface area contributed by atoms with Crippen LogP contribution in [0.5, 0.6) is 5.75 Å². The third-order valence-electron chi connectivity index (χ3n) is 6.01. The highest BCUT2D eigenvalue weighted by molar-refractivity contribution is 6.51. The average Bonchev–Trinajstić information content (AvgIpc) is 3.14. The van der Waals surface area contributed by atoms with Crippen molar-refractivity contribution in [3.05, 3.63) is 101 Å². The van der Waals surface area contributed by atoms with Crippen molar-refractivity contribution in [1.29, 1.82) is 0 Å². The SMILES string of the molecule is CCc1ccc(/C(O)=C2\C(=O)C(=O)N(c3ccc(C(=O)OC(C)C)cc3)C2c2ccc(O)cc2)cc1. The van der Waals surface area contributed by atoms with Crippen molar-refractivity contribution in [2.45, 2.75) is 39.3 Å².